The molecular weight excluding hydrogens is 312 g/mol. The molecule has 0 radical (unpaired) electrons. The zero-order chi connectivity index (χ0) is 17.1. The van der Waals surface area contributed by atoms with Crippen LogP contribution in [0.25, 0.3) is 11.5 Å². The van der Waals surface area contributed by atoms with Crippen molar-refractivity contribution >= 4 is 5.97 Å². The second-order valence-corrected chi connectivity index (χ2v) is 5.02. The number of benzene rings is 1. The van der Waals surface area contributed by atoms with E-state index in [1.807, 2.05) is 24.3 Å². The maximum atomic E-state index is 11.5. The van der Waals surface area contributed by atoms with Gasteiger partial charge in [0.1, 0.15) is 18.1 Å². The van der Waals surface area contributed by atoms with Crippen LogP contribution in [0.4, 0.5) is 0 Å². The Morgan fingerprint density at radius 2 is 1.96 bits per heavy atom. The van der Waals surface area contributed by atoms with E-state index >= 15 is 0 Å². The molecular formula is C16H16N4O4. The lowest BCUT2D eigenvalue weighted by Crippen LogP contribution is -2.02. The van der Waals surface area contributed by atoms with Gasteiger partial charge in [0.15, 0.2) is 5.69 Å². The summed E-state index contributed by atoms with van der Waals surface area (Å²) in [7, 11) is 2.92. The Labute approximate surface area is 138 Å². The molecule has 0 aliphatic heterocycles. The van der Waals surface area contributed by atoms with Gasteiger partial charge in [-0.15, -0.1) is 10.2 Å². The summed E-state index contributed by atoms with van der Waals surface area (Å²) in [6.45, 7) is 2.10. The Kier molecular flexibility index (Phi) is 4.28. The first kappa shape index (κ1) is 15.7. The van der Waals surface area contributed by atoms with Crippen LogP contribution in [-0.4, -0.2) is 39.9 Å². The van der Waals surface area contributed by atoms with E-state index in [0.29, 0.717) is 24.2 Å². The van der Waals surface area contributed by atoms with Gasteiger partial charge in [-0.2, -0.15) is 0 Å². The predicted octanol–water partition coefficient (Wildman–Crippen LogP) is 2.09. The lowest BCUT2D eigenvalue weighted by Gasteiger charge is -2.00. The van der Waals surface area contributed by atoms with Gasteiger partial charge in [-0.25, -0.2) is 9.78 Å². The van der Waals surface area contributed by atoms with Crippen LogP contribution in [0, 0.1) is 6.92 Å². The summed E-state index contributed by atoms with van der Waals surface area (Å²) in [6.07, 6.45) is 1.60. The number of aromatic nitrogens is 4. The third-order valence-electron chi connectivity index (χ3n) is 3.48. The minimum atomic E-state index is -0.485. The average Bonchev–Trinajstić information content (AvgIpc) is 3.22. The number of carbonyl (C=O) groups excluding carboxylic acids is 1. The van der Waals surface area contributed by atoms with Gasteiger partial charge in [-0.3, -0.25) is 0 Å². The fourth-order valence-electron chi connectivity index (χ4n) is 2.18. The molecule has 2 aromatic heterocycles. The van der Waals surface area contributed by atoms with E-state index in [-0.39, 0.29) is 5.69 Å². The highest BCUT2D eigenvalue weighted by atomic mass is 16.5. The molecule has 2 heterocycles. The number of aryl methyl sites for hydroxylation is 1. The number of rotatable bonds is 5. The minimum absolute atomic E-state index is 0.241. The van der Waals surface area contributed by atoms with E-state index in [9.17, 15) is 4.79 Å². The smallest absolute Gasteiger partial charge is 0.358 e. The van der Waals surface area contributed by atoms with Crippen LogP contribution < -0.4 is 4.74 Å². The number of hydrogen-bond donors (Lipinski definition) is 0. The fraction of sp³-hybridized carbons (Fsp3) is 0.250. The topological polar surface area (TPSA) is 92.3 Å². The van der Waals surface area contributed by atoms with Crippen LogP contribution in [0.1, 0.15) is 22.2 Å². The van der Waals surface area contributed by atoms with E-state index in [1.54, 1.807) is 24.8 Å². The van der Waals surface area contributed by atoms with E-state index in [4.69, 9.17) is 9.15 Å². The second kappa shape index (κ2) is 6.53. The highest BCUT2D eigenvalue weighted by molar-refractivity contribution is 5.86. The number of hydrogen-bond acceptors (Lipinski definition) is 7. The Morgan fingerprint density at radius 1 is 1.21 bits per heavy atom. The zero-order valence-electron chi connectivity index (χ0n) is 13.5. The number of carbonyl (C=O) groups is 1. The second-order valence-electron chi connectivity index (χ2n) is 5.02. The van der Waals surface area contributed by atoms with Crippen LogP contribution in [0.3, 0.4) is 0 Å². The van der Waals surface area contributed by atoms with Crippen molar-refractivity contribution in [1.29, 1.82) is 0 Å². The number of esters is 1. The largest absolute Gasteiger partial charge is 0.497 e. The molecule has 3 rings (SSSR count). The van der Waals surface area contributed by atoms with E-state index in [1.165, 1.54) is 7.11 Å². The van der Waals surface area contributed by atoms with Crippen molar-refractivity contribution in [2.45, 2.75) is 13.5 Å². The van der Waals surface area contributed by atoms with Crippen molar-refractivity contribution in [1.82, 2.24) is 19.7 Å². The van der Waals surface area contributed by atoms with Gasteiger partial charge in [0.2, 0.25) is 11.8 Å². The molecule has 0 aliphatic carbocycles. The number of imidazole rings is 1. The molecule has 0 aliphatic rings. The Balaban J connectivity index is 1.78. The maximum Gasteiger partial charge on any atom is 0.358 e. The minimum Gasteiger partial charge on any atom is -0.497 e. The van der Waals surface area contributed by atoms with Crippen molar-refractivity contribution in [3.63, 3.8) is 0 Å². The van der Waals surface area contributed by atoms with Crippen molar-refractivity contribution in [2.24, 2.45) is 0 Å². The number of methoxy groups -OCH3 is 2. The summed E-state index contributed by atoms with van der Waals surface area (Å²) in [5.41, 5.74) is 1.04. The molecule has 0 bridgehead atoms. The lowest BCUT2D eigenvalue weighted by atomic mass is 10.2. The quantitative estimate of drug-likeness (QED) is 0.662. The maximum absolute atomic E-state index is 11.5. The van der Waals surface area contributed by atoms with Crippen molar-refractivity contribution in [3.8, 4) is 17.2 Å². The summed E-state index contributed by atoms with van der Waals surface area (Å²) in [5.74, 6) is 1.75. The lowest BCUT2D eigenvalue weighted by molar-refractivity contribution is 0.0594. The van der Waals surface area contributed by atoms with E-state index in [2.05, 4.69) is 19.9 Å². The molecule has 8 heteroatoms. The first-order valence-corrected chi connectivity index (χ1v) is 7.19. The average molecular weight is 328 g/mol. The molecule has 0 spiro atoms. The third-order valence-corrected chi connectivity index (χ3v) is 3.48. The highest BCUT2D eigenvalue weighted by Gasteiger charge is 2.15. The van der Waals surface area contributed by atoms with Gasteiger partial charge in [-0.05, 0) is 31.2 Å². The van der Waals surface area contributed by atoms with Crippen LogP contribution in [0.2, 0.25) is 0 Å². The molecule has 0 fully saturated rings. The summed E-state index contributed by atoms with van der Waals surface area (Å²) in [6, 6.07) is 7.33. The molecule has 3 aromatic rings. The van der Waals surface area contributed by atoms with Gasteiger partial charge in [-0.1, -0.05) is 0 Å². The Hall–Kier alpha value is -3.16. The van der Waals surface area contributed by atoms with Crippen LogP contribution in [-0.2, 0) is 11.3 Å². The van der Waals surface area contributed by atoms with Gasteiger partial charge >= 0.3 is 5.97 Å². The zero-order valence-corrected chi connectivity index (χ0v) is 13.5. The molecule has 0 N–H and O–H groups in total. The van der Waals surface area contributed by atoms with E-state index < -0.39 is 5.97 Å². The fourth-order valence-corrected chi connectivity index (χ4v) is 2.18. The Bertz CT molecular complexity index is 851. The third kappa shape index (κ3) is 3.12. The van der Waals surface area contributed by atoms with E-state index in [0.717, 1.165) is 11.3 Å². The predicted molar refractivity (Wildman–Crippen MR) is 83.7 cm³/mol. The van der Waals surface area contributed by atoms with Gasteiger partial charge in [0, 0.05) is 11.8 Å². The molecule has 0 unspecified atom stereocenters. The molecule has 0 saturated carbocycles. The van der Waals surface area contributed by atoms with Crippen molar-refractivity contribution in [2.75, 3.05) is 14.2 Å². The Morgan fingerprint density at radius 3 is 2.62 bits per heavy atom. The summed E-state index contributed by atoms with van der Waals surface area (Å²) in [5, 5.41) is 8.08. The first-order chi connectivity index (χ1) is 11.6. The van der Waals surface area contributed by atoms with Crippen molar-refractivity contribution in [3.05, 3.63) is 47.9 Å². The van der Waals surface area contributed by atoms with Crippen LogP contribution in [0.5, 0.6) is 5.75 Å². The molecule has 0 amide bonds. The van der Waals surface area contributed by atoms with Crippen molar-refractivity contribution < 1.29 is 18.7 Å². The normalized spacial score (nSPS) is 10.6. The summed E-state index contributed by atoms with van der Waals surface area (Å²) < 4.78 is 17.2. The number of nitrogens with zero attached hydrogens (tertiary/aromatic N) is 4. The molecule has 8 nitrogen and oxygen atoms in total. The first-order valence-electron chi connectivity index (χ1n) is 7.19. The van der Waals surface area contributed by atoms with Gasteiger partial charge < -0.3 is 18.5 Å². The summed E-state index contributed by atoms with van der Waals surface area (Å²) >= 11 is 0. The molecule has 24 heavy (non-hydrogen) atoms. The van der Waals surface area contributed by atoms with Gasteiger partial charge in [0.05, 0.1) is 14.2 Å². The van der Waals surface area contributed by atoms with Crippen LogP contribution >= 0.6 is 0 Å². The number of ether oxygens (including phenoxy) is 2. The molecule has 124 valence electrons. The molecule has 1 aromatic carbocycles. The SMILES string of the molecule is COC(=O)c1cn(Cc2nnc(-c3ccc(OC)cc3)o2)c(C)n1. The standard InChI is InChI=1S/C16H16N4O4/c1-10-17-13(16(21)23-3)8-20(10)9-14-18-19-15(24-14)11-4-6-12(22-2)7-5-11/h4-8H,9H2,1-3H3. The molecule has 0 saturated heterocycles. The molecule has 0 atom stereocenters. The summed E-state index contributed by atoms with van der Waals surface area (Å²) in [4.78, 5) is 15.7. The monoisotopic (exact) mass is 328 g/mol. The van der Waals surface area contributed by atoms with Gasteiger partial charge in [0.25, 0.3) is 0 Å². The van der Waals surface area contributed by atoms with Crippen LogP contribution in [0.15, 0.2) is 34.9 Å². The highest BCUT2D eigenvalue weighted by Crippen LogP contribution is 2.21.